The van der Waals surface area contributed by atoms with Crippen LogP contribution in [0.1, 0.15) is 40.7 Å². The van der Waals surface area contributed by atoms with E-state index < -0.39 is 6.10 Å². The molecule has 17 heavy (non-hydrogen) atoms. The van der Waals surface area contributed by atoms with Crippen LogP contribution in [0.15, 0.2) is 5.38 Å². The second-order valence-corrected chi connectivity index (χ2v) is 5.76. The molecule has 0 saturated heterocycles. The van der Waals surface area contributed by atoms with Crippen LogP contribution in [0, 0.1) is 6.92 Å². The van der Waals surface area contributed by atoms with E-state index in [9.17, 15) is 5.11 Å². The van der Waals surface area contributed by atoms with E-state index >= 15 is 0 Å². The van der Waals surface area contributed by atoms with Gasteiger partial charge in [0.1, 0.15) is 0 Å². The maximum Gasteiger partial charge on any atom is 0.0972 e. The molecule has 0 amide bonds. The van der Waals surface area contributed by atoms with E-state index in [0.717, 1.165) is 34.1 Å². The molecule has 0 radical (unpaired) electrons. The molecule has 0 bridgehead atoms. The second-order valence-electron chi connectivity index (χ2n) is 3.91. The van der Waals surface area contributed by atoms with Gasteiger partial charge in [0.15, 0.2) is 0 Å². The van der Waals surface area contributed by atoms with Crippen molar-refractivity contribution >= 4 is 22.9 Å². The summed E-state index contributed by atoms with van der Waals surface area (Å²) >= 11 is 2.90. The smallest absolute Gasteiger partial charge is 0.0972 e. The Morgan fingerprint density at radius 1 is 1.47 bits per heavy atom. The second kappa shape index (κ2) is 5.66. The fourth-order valence-electron chi connectivity index (χ4n) is 1.67. The zero-order valence-electron chi connectivity index (χ0n) is 9.88. The van der Waals surface area contributed by atoms with Crippen LogP contribution in [0.5, 0.6) is 0 Å². The first-order valence-electron chi connectivity index (χ1n) is 5.61. The highest BCUT2D eigenvalue weighted by Crippen LogP contribution is 2.25. The summed E-state index contributed by atoms with van der Waals surface area (Å²) in [5.41, 5.74) is 1.87. The Labute approximate surface area is 109 Å². The summed E-state index contributed by atoms with van der Waals surface area (Å²) in [7, 11) is 0. The van der Waals surface area contributed by atoms with E-state index in [-0.39, 0.29) is 0 Å². The van der Waals surface area contributed by atoms with E-state index in [0.29, 0.717) is 6.42 Å². The molecule has 2 aromatic rings. The van der Waals surface area contributed by atoms with Gasteiger partial charge in [-0.2, -0.15) is 0 Å². The highest BCUT2D eigenvalue weighted by atomic mass is 32.1. The van der Waals surface area contributed by atoms with E-state index in [2.05, 4.69) is 21.5 Å². The van der Waals surface area contributed by atoms with Crippen LogP contribution in [0.2, 0.25) is 0 Å². The highest BCUT2D eigenvalue weighted by molar-refractivity contribution is 7.09. The van der Waals surface area contributed by atoms with Gasteiger partial charge in [0.05, 0.1) is 27.4 Å². The molecule has 0 aliphatic heterocycles. The Balaban J connectivity index is 2.08. The normalized spacial score (nSPS) is 12.9. The number of thiazole rings is 1. The molecule has 2 heterocycles. The molecule has 0 aromatic carbocycles. The first-order chi connectivity index (χ1) is 8.20. The molecule has 0 aliphatic carbocycles. The number of aryl methyl sites for hydroxylation is 2. The summed E-state index contributed by atoms with van der Waals surface area (Å²) in [5.74, 6) is 0. The lowest BCUT2D eigenvalue weighted by atomic mass is 10.1. The molecule has 92 valence electrons. The average molecular weight is 269 g/mol. The molecule has 0 aliphatic rings. The molecule has 1 unspecified atom stereocenters. The Kier molecular flexibility index (Phi) is 4.20. The third-order valence-corrected chi connectivity index (χ3v) is 4.13. The van der Waals surface area contributed by atoms with Crippen LogP contribution < -0.4 is 0 Å². The Bertz CT molecular complexity index is 481. The monoisotopic (exact) mass is 269 g/mol. The van der Waals surface area contributed by atoms with Gasteiger partial charge in [0.25, 0.3) is 0 Å². The van der Waals surface area contributed by atoms with Crippen LogP contribution >= 0.6 is 22.9 Å². The largest absolute Gasteiger partial charge is 0.387 e. The highest BCUT2D eigenvalue weighted by Gasteiger charge is 2.17. The first kappa shape index (κ1) is 12.6. The van der Waals surface area contributed by atoms with Gasteiger partial charge in [-0.1, -0.05) is 17.8 Å². The molecule has 2 aromatic heterocycles. The molecule has 1 atom stereocenters. The fourth-order valence-corrected chi connectivity index (χ4v) is 2.98. The van der Waals surface area contributed by atoms with Gasteiger partial charge in [-0.05, 0) is 24.9 Å². The molecule has 0 spiro atoms. The summed E-state index contributed by atoms with van der Waals surface area (Å²) in [6.07, 6.45) is 1.91. The van der Waals surface area contributed by atoms with Crippen molar-refractivity contribution in [3.63, 3.8) is 0 Å². The van der Waals surface area contributed by atoms with Gasteiger partial charge in [-0.15, -0.1) is 16.4 Å². The van der Waals surface area contributed by atoms with Crippen molar-refractivity contribution in [2.45, 2.75) is 39.2 Å². The van der Waals surface area contributed by atoms with Crippen LogP contribution in [0.4, 0.5) is 0 Å². The van der Waals surface area contributed by atoms with Gasteiger partial charge in [-0.3, -0.25) is 0 Å². The zero-order valence-corrected chi connectivity index (χ0v) is 11.5. The lowest BCUT2D eigenvalue weighted by molar-refractivity contribution is 0.180. The molecular formula is C11H15N3OS2. The predicted octanol–water partition coefficient (Wildman–Crippen LogP) is 2.53. The quantitative estimate of drug-likeness (QED) is 0.906. The number of aliphatic hydroxyl groups excluding tert-OH is 1. The minimum atomic E-state index is -0.530. The lowest BCUT2D eigenvalue weighted by Gasteiger charge is -2.07. The zero-order chi connectivity index (χ0) is 12.3. The summed E-state index contributed by atoms with van der Waals surface area (Å²) < 4.78 is 3.92. The van der Waals surface area contributed by atoms with E-state index in [1.54, 1.807) is 11.3 Å². The van der Waals surface area contributed by atoms with Gasteiger partial charge >= 0.3 is 0 Å². The molecule has 0 saturated carbocycles. The maximum atomic E-state index is 10.2. The lowest BCUT2D eigenvalue weighted by Crippen LogP contribution is -2.03. The van der Waals surface area contributed by atoms with Gasteiger partial charge in [0, 0.05) is 11.8 Å². The molecule has 6 heteroatoms. The Morgan fingerprint density at radius 3 is 2.94 bits per heavy atom. The molecule has 4 nitrogen and oxygen atoms in total. The van der Waals surface area contributed by atoms with Crippen molar-refractivity contribution in [2.75, 3.05) is 0 Å². The summed E-state index contributed by atoms with van der Waals surface area (Å²) in [4.78, 5) is 5.25. The maximum absolute atomic E-state index is 10.2. The SMILES string of the molecule is CCCc1nnsc1C(O)Cc1csc(C)n1. The summed E-state index contributed by atoms with van der Waals surface area (Å²) in [5, 5.41) is 17.3. The standard InChI is InChI=1S/C11H15N3OS2/c1-3-4-9-11(17-14-13-9)10(15)5-8-6-16-7(2)12-8/h6,10,15H,3-5H2,1-2H3. The molecule has 2 rings (SSSR count). The number of aromatic nitrogens is 3. The Morgan fingerprint density at radius 2 is 2.29 bits per heavy atom. The number of hydrogen-bond acceptors (Lipinski definition) is 6. The molecular weight excluding hydrogens is 254 g/mol. The van der Waals surface area contributed by atoms with E-state index in [1.807, 2.05) is 12.3 Å². The minimum Gasteiger partial charge on any atom is -0.387 e. The van der Waals surface area contributed by atoms with E-state index in [4.69, 9.17) is 0 Å². The van der Waals surface area contributed by atoms with Gasteiger partial charge < -0.3 is 5.11 Å². The van der Waals surface area contributed by atoms with Crippen molar-refractivity contribution in [1.82, 2.24) is 14.6 Å². The van der Waals surface area contributed by atoms with Crippen molar-refractivity contribution in [1.29, 1.82) is 0 Å². The number of rotatable bonds is 5. The molecule has 0 fully saturated rings. The van der Waals surface area contributed by atoms with E-state index in [1.165, 1.54) is 11.5 Å². The van der Waals surface area contributed by atoms with Crippen molar-refractivity contribution in [3.8, 4) is 0 Å². The third-order valence-electron chi connectivity index (χ3n) is 2.44. The topological polar surface area (TPSA) is 58.9 Å². The van der Waals surface area contributed by atoms with Gasteiger partial charge in [-0.25, -0.2) is 4.98 Å². The fraction of sp³-hybridized carbons (Fsp3) is 0.545. The third kappa shape index (κ3) is 3.08. The van der Waals surface area contributed by atoms with Crippen molar-refractivity contribution in [3.05, 3.63) is 26.7 Å². The van der Waals surface area contributed by atoms with Crippen LogP contribution in [0.3, 0.4) is 0 Å². The van der Waals surface area contributed by atoms with Crippen LogP contribution in [0.25, 0.3) is 0 Å². The van der Waals surface area contributed by atoms with Crippen molar-refractivity contribution < 1.29 is 5.11 Å². The summed E-state index contributed by atoms with van der Waals surface area (Å²) in [6.45, 7) is 4.07. The number of nitrogens with zero attached hydrogens (tertiary/aromatic N) is 3. The van der Waals surface area contributed by atoms with Crippen LogP contribution in [-0.2, 0) is 12.8 Å². The predicted molar refractivity (Wildman–Crippen MR) is 69.4 cm³/mol. The average Bonchev–Trinajstić information content (AvgIpc) is 2.88. The number of hydrogen-bond donors (Lipinski definition) is 1. The first-order valence-corrected chi connectivity index (χ1v) is 7.26. The minimum absolute atomic E-state index is 0.530. The van der Waals surface area contributed by atoms with Gasteiger partial charge in [0.2, 0.25) is 0 Å². The Hall–Kier alpha value is -0.850. The van der Waals surface area contributed by atoms with Crippen LogP contribution in [-0.4, -0.2) is 19.7 Å². The summed E-state index contributed by atoms with van der Waals surface area (Å²) in [6, 6.07) is 0. The van der Waals surface area contributed by atoms with Crippen molar-refractivity contribution in [2.24, 2.45) is 0 Å². The molecule has 1 N–H and O–H groups in total. The number of aliphatic hydroxyl groups is 1.